The van der Waals surface area contributed by atoms with Crippen molar-refractivity contribution in [3.05, 3.63) is 46.8 Å². The van der Waals surface area contributed by atoms with Gasteiger partial charge in [-0.25, -0.2) is 0 Å². The van der Waals surface area contributed by atoms with E-state index >= 15 is 0 Å². The number of alkyl halides is 3. The predicted molar refractivity (Wildman–Crippen MR) is 66.8 cm³/mol. The van der Waals surface area contributed by atoms with Gasteiger partial charge >= 0.3 is 6.18 Å². The third kappa shape index (κ3) is 3.07. The lowest BCUT2D eigenvalue weighted by molar-refractivity contribution is -0.137. The first-order valence-electron chi connectivity index (χ1n) is 5.79. The van der Waals surface area contributed by atoms with Gasteiger partial charge in [-0.15, -0.1) is 0 Å². The van der Waals surface area contributed by atoms with E-state index in [2.05, 4.69) is 15.5 Å². The zero-order chi connectivity index (χ0) is 14.0. The van der Waals surface area contributed by atoms with Crippen molar-refractivity contribution in [3.63, 3.8) is 0 Å². The molecule has 0 aliphatic carbocycles. The van der Waals surface area contributed by atoms with Crippen LogP contribution in [0, 0.1) is 13.8 Å². The maximum absolute atomic E-state index is 12.4. The van der Waals surface area contributed by atoms with E-state index in [1.165, 1.54) is 12.1 Å². The minimum Gasteiger partial charge on any atom is -0.378 e. The lowest BCUT2D eigenvalue weighted by Gasteiger charge is -2.09. The van der Waals surface area contributed by atoms with Gasteiger partial charge in [-0.3, -0.25) is 5.10 Å². The van der Waals surface area contributed by atoms with E-state index in [0.29, 0.717) is 6.54 Å². The van der Waals surface area contributed by atoms with Crippen molar-refractivity contribution in [1.82, 2.24) is 10.2 Å². The van der Waals surface area contributed by atoms with Gasteiger partial charge in [0.1, 0.15) is 0 Å². The first-order chi connectivity index (χ1) is 8.88. The highest BCUT2D eigenvalue weighted by Crippen LogP contribution is 2.29. The molecule has 0 atom stereocenters. The highest BCUT2D eigenvalue weighted by Gasteiger charge is 2.29. The van der Waals surface area contributed by atoms with Crippen LogP contribution in [0.25, 0.3) is 0 Å². The van der Waals surface area contributed by atoms with Crippen molar-refractivity contribution in [2.75, 3.05) is 5.32 Å². The van der Waals surface area contributed by atoms with E-state index in [1.54, 1.807) is 0 Å². The number of aryl methyl sites for hydroxylation is 2. The van der Waals surface area contributed by atoms with Crippen LogP contribution in [0.5, 0.6) is 0 Å². The molecule has 0 spiro atoms. The maximum Gasteiger partial charge on any atom is 0.416 e. The number of rotatable bonds is 3. The number of nitrogens with one attached hydrogen (secondary N) is 2. The minimum absolute atomic E-state index is 0.458. The summed E-state index contributed by atoms with van der Waals surface area (Å²) in [7, 11) is 0. The van der Waals surface area contributed by atoms with Gasteiger partial charge in [-0.05, 0) is 31.5 Å². The van der Waals surface area contributed by atoms with Gasteiger partial charge in [0.25, 0.3) is 0 Å². The van der Waals surface area contributed by atoms with E-state index in [0.717, 1.165) is 34.8 Å². The molecule has 2 aromatic rings. The molecule has 102 valence electrons. The Labute approximate surface area is 108 Å². The molecule has 0 unspecified atom stereocenters. The molecule has 2 rings (SSSR count). The molecule has 2 N–H and O–H groups in total. The molecular weight excluding hydrogens is 255 g/mol. The maximum atomic E-state index is 12.4. The second-order valence-corrected chi connectivity index (χ2v) is 4.36. The molecule has 0 radical (unpaired) electrons. The van der Waals surface area contributed by atoms with Crippen molar-refractivity contribution < 1.29 is 13.2 Å². The van der Waals surface area contributed by atoms with Crippen LogP contribution in [-0.2, 0) is 12.7 Å². The summed E-state index contributed by atoms with van der Waals surface area (Å²) in [6.07, 6.45) is -4.29. The SMILES string of the molecule is Cc1n[nH]c(C)c1NCc1ccc(C(F)(F)F)cc1. The molecule has 0 aliphatic heterocycles. The Morgan fingerprint density at radius 3 is 2.26 bits per heavy atom. The van der Waals surface area contributed by atoms with Crippen molar-refractivity contribution in [1.29, 1.82) is 0 Å². The van der Waals surface area contributed by atoms with Gasteiger partial charge < -0.3 is 5.32 Å². The zero-order valence-electron chi connectivity index (χ0n) is 10.6. The Hall–Kier alpha value is -1.98. The Morgan fingerprint density at radius 1 is 1.16 bits per heavy atom. The van der Waals surface area contributed by atoms with Gasteiger partial charge in [0.15, 0.2) is 0 Å². The molecule has 0 fully saturated rings. The van der Waals surface area contributed by atoms with Crippen LogP contribution in [0.2, 0.25) is 0 Å². The predicted octanol–water partition coefficient (Wildman–Crippen LogP) is 3.66. The van der Waals surface area contributed by atoms with E-state index in [9.17, 15) is 13.2 Å². The van der Waals surface area contributed by atoms with Gasteiger partial charge in [-0.1, -0.05) is 12.1 Å². The van der Waals surface area contributed by atoms with E-state index in [-0.39, 0.29) is 0 Å². The summed E-state index contributed by atoms with van der Waals surface area (Å²) in [5.41, 5.74) is 2.79. The topological polar surface area (TPSA) is 40.7 Å². The Bertz CT molecular complexity index is 536. The van der Waals surface area contributed by atoms with Crippen LogP contribution in [0.4, 0.5) is 18.9 Å². The minimum atomic E-state index is -4.29. The largest absolute Gasteiger partial charge is 0.416 e. The van der Waals surface area contributed by atoms with E-state index in [4.69, 9.17) is 0 Å². The van der Waals surface area contributed by atoms with Crippen molar-refractivity contribution >= 4 is 5.69 Å². The number of halogens is 3. The van der Waals surface area contributed by atoms with Crippen molar-refractivity contribution in [2.45, 2.75) is 26.6 Å². The second-order valence-electron chi connectivity index (χ2n) is 4.36. The molecular formula is C13H14F3N3. The molecule has 1 aromatic heterocycles. The first kappa shape index (κ1) is 13.5. The summed E-state index contributed by atoms with van der Waals surface area (Å²) in [4.78, 5) is 0. The molecule has 19 heavy (non-hydrogen) atoms. The molecule has 6 heteroatoms. The number of H-pyrrole nitrogens is 1. The van der Waals surface area contributed by atoms with Crippen LogP contribution in [0.3, 0.4) is 0 Å². The molecule has 0 bridgehead atoms. The molecule has 0 saturated carbocycles. The van der Waals surface area contributed by atoms with Gasteiger partial charge in [0, 0.05) is 6.54 Å². The number of aromatic amines is 1. The van der Waals surface area contributed by atoms with Crippen LogP contribution in [-0.4, -0.2) is 10.2 Å². The average molecular weight is 269 g/mol. The van der Waals surface area contributed by atoms with Crippen LogP contribution in [0.15, 0.2) is 24.3 Å². The number of hydrogen-bond donors (Lipinski definition) is 2. The highest BCUT2D eigenvalue weighted by atomic mass is 19.4. The fourth-order valence-corrected chi connectivity index (χ4v) is 1.81. The number of benzene rings is 1. The average Bonchev–Trinajstić information content (AvgIpc) is 2.66. The summed E-state index contributed by atoms with van der Waals surface area (Å²) >= 11 is 0. The lowest BCUT2D eigenvalue weighted by Crippen LogP contribution is -2.06. The Kier molecular flexibility index (Phi) is 3.50. The number of anilines is 1. The number of hydrogen-bond acceptors (Lipinski definition) is 2. The van der Waals surface area contributed by atoms with E-state index in [1.807, 2.05) is 13.8 Å². The monoisotopic (exact) mass is 269 g/mol. The Balaban J connectivity index is 2.05. The molecule has 3 nitrogen and oxygen atoms in total. The molecule has 0 aliphatic rings. The summed E-state index contributed by atoms with van der Waals surface area (Å²) in [5.74, 6) is 0. The van der Waals surface area contributed by atoms with Crippen LogP contribution in [0.1, 0.15) is 22.5 Å². The van der Waals surface area contributed by atoms with E-state index < -0.39 is 11.7 Å². The van der Waals surface area contributed by atoms with Gasteiger partial charge in [0.05, 0.1) is 22.6 Å². The second kappa shape index (κ2) is 4.95. The molecule has 1 aromatic carbocycles. The third-order valence-corrected chi connectivity index (χ3v) is 2.88. The summed E-state index contributed by atoms with van der Waals surface area (Å²) in [6.45, 7) is 4.20. The van der Waals surface area contributed by atoms with Gasteiger partial charge in [0.2, 0.25) is 0 Å². The molecule has 1 heterocycles. The third-order valence-electron chi connectivity index (χ3n) is 2.88. The number of aromatic nitrogens is 2. The molecule has 0 saturated heterocycles. The van der Waals surface area contributed by atoms with Gasteiger partial charge in [-0.2, -0.15) is 18.3 Å². The van der Waals surface area contributed by atoms with Crippen LogP contribution >= 0.6 is 0 Å². The van der Waals surface area contributed by atoms with Crippen molar-refractivity contribution in [3.8, 4) is 0 Å². The smallest absolute Gasteiger partial charge is 0.378 e. The van der Waals surface area contributed by atoms with Crippen molar-refractivity contribution in [2.24, 2.45) is 0 Å². The lowest BCUT2D eigenvalue weighted by atomic mass is 10.1. The summed E-state index contributed by atoms with van der Waals surface area (Å²) in [6, 6.07) is 5.12. The first-order valence-corrected chi connectivity index (χ1v) is 5.79. The Morgan fingerprint density at radius 2 is 1.79 bits per heavy atom. The fraction of sp³-hybridized carbons (Fsp3) is 0.308. The van der Waals surface area contributed by atoms with Crippen LogP contribution < -0.4 is 5.32 Å². The molecule has 0 amide bonds. The highest BCUT2D eigenvalue weighted by molar-refractivity contribution is 5.51. The fourth-order valence-electron chi connectivity index (χ4n) is 1.81. The zero-order valence-corrected chi connectivity index (χ0v) is 10.6. The number of nitrogens with zero attached hydrogens (tertiary/aromatic N) is 1. The summed E-state index contributed by atoms with van der Waals surface area (Å²) in [5, 5.41) is 10.0. The quantitative estimate of drug-likeness (QED) is 0.892. The standard InChI is InChI=1S/C13H14F3N3/c1-8-12(9(2)19-18-8)17-7-10-3-5-11(6-4-10)13(14,15)16/h3-6,17H,7H2,1-2H3,(H,18,19). The normalized spacial score (nSPS) is 11.6. The summed E-state index contributed by atoms with van der Waals surface area (Å²) < 4.78 is 37.2.